The van der Waals surface area contributed by atoms with Crippen LogP contribution in [-0.2, 0) is 6.54 Å². The Morgan fingerprint density at radius 2 is 1.83 bits per heavy atom. The maximum Gasteiger partial charge on any atom is 0.271 e. The van der Waals surface area contributed by atoms with E-state index in [4.69, 9.17) is 0 Å². The van der Waals surface area contributed by atoms with Crippen molar-refractivity contribution in [2.45, 2.75) is 13.5 Å². The van der Waals surface area contributed by atoms with Crippen molar-refractivity contribution in [3.63, 3.8) is 0 Å². The van der Waals surface area contributed by atoms with E-state index in [0.717, 1.165) is 11.3 Å². The smallest absolute Gasteiger partial charge is 0.271 e. The molecule has 1 heterocycles. The zero-order valence-corrected chi connectivity index (χ0v) is 12.7. The van der Waals surface area contributed by atoms with Crippen LogP contribution >= 0.6 is 0 Å². The SMILES string of the molecule is Cc1ccc(-n2cnc(C(=O)NCc3ccc(F)cc3)c2)cc1. The number of amides is 1. The van der Waals surface area contributed by atoms with Crippen molar-refractivity contribution in [3.05, 3.63) is 83.7 Å². The van der Waals surface area contributed by atoms with Crippen molar-refractivity contribution in [2.75, 3.05) is 0 Å². The van der Waals surface area contributed by atoms with Crippen LogP contribution in [-0.4, -0.2) is 15.5 Å². The predicted octanol–water partition coefficient (Wildman–Crippen LogP) is 3.25. The van der Waals surface area contributed by atoms with Gasteiger partial charge in [-0.1, -0.05) is 29.8 Å². The van der Waals surface area contributed by atoms with Crippen LogP contribution in [0, 0.1) is 12.7 Å². The largest absolute Gasteiger partial charge is 0.347 e. The van der Waals surface area contributed by atoms with Crippen LogP contribution in [0.3, 0.4) is 0 Å². The first-order valence-corrected chi connectivity index (χ1v) is 7.25. The third kappa shape index (κ3) is 3.63. The Morgan fingerprint density at radius 3 is 2.52 bits per heavy atom. The van der Waals surface area contributed by atoms with Crippen molar-refractivity contribution in [2.24, 2.45) is 0 Å². The lowest BCUT2D eigenvalue weighted by atomic mass is 10.2. The molecule has 0 aliphatic rings. The molecule has 0 unspecified atom stereocenters. The minimum absolute atomic E-state index is 0.264. The number of carbonyl (C=O) groups is 1. The predicted molar refractivity (Wildman–Crippen MR) is 85.9 cm³/mol. The van der Waals surface area contributed by atoms with Gasteiger partial charge in [0.2, 0.25) is 0 Å². The molecule has 0 aliphatic heterocycles. The third-order valence-corrected chi connectivity index (χ3v) is 3.51. The topological polar surface area (TPSA) is 46.9 Å². The zero-order valence-electron chi connectivity index (χ0n) is 12.7. The van der Waals surface area contributed by atoms with Crippen molar-refractivity contribution in [1.82, 2.24) is 14.9 Å². The number of nitrogens with one attached hydrogen (secondary N) is 1. The summed E-state index contributed by atoms with van der Waals surface area (Å²) in [7, 11) is 0. The average molecular weight is 309 g/mol. The van der Waals surface area contributed by atoms with Gasteiger partial charge in [-0.25, -0.2) is 9.37 Å². The summed E-state index contributed by atoms with van der Waals surface area (Å²) in [5.74, 6) is -0.558. The highest BCUT2D eigenvalue weighted by Gasteiger charge is 2.09. The minimum atomic E-state index is -0.295. The maximum atomic E-state index is 12.8. The number of hydrogen-bond donors (Lipinski definition) is 1. The molecule has 23 heavy (non-hydrogen) atoms. The quantitative estimate of drug-likeness (QED) is 0.804. The van der Waals surface area contributed by atoms with Crippen LogP contribution in [0.15, 0.2) is 61.1 Å². The standard InChI is InChI=1S/C18H16FN3O/c1-13-2-8-16(9-3-13)22-11-17(21-12-22)18(23)20-10-14-4-6-15(19)7-5-14/h2-9,11-12H,10H2,1H3,(H,20,23). The van der Waals surface area contributed by atoms with Gasteiger partial charge in [-0.15, -0.1) is 0 Å². The molecule has 5 heteroatoms. The fourth-order valence-corrected chi connectivity index (χ4v) is 2.17. The molecule has 3 aromatic rings. The Bertz CT molecular complexity index is 807. The molecule has 3 rings (SSSR count). The number of aromatic nitrogens is 2. The van der Waals surface area contributed by atoms with E-state index in [1.54, 1.807) is 29.2 Å². The Balaban J connectivity index is 1.66. The van der Waals surface area contributed by atoms with Crippen LogP contribution in [0.1, 0.15) is 21.6 Å². The Morgan fingerprint density at radius 1 is 1.13 bits per heavy atom. The second-order valence-electron chi connectivity index (χ2n) is 5.31. The lowest BCUT2D eigenvalue weighted by Gasteiger charge is -2.04. The molecule has 0 saturated heterocycles. The van der Waals surface area contributed by atoms with E-state index in [1.807, 2.05) is 31.2 Å². The Labute approximate surface area is 133 Å². The fraction of sp³-hybridized carbons (Fsp3) is 0.111. The maximum absolute atomic E-state index is 12.8. The minimum Gasteiger partial charge on any atom is -0.347 e. The first-order chi connectivity index (χ1) is 11.1. The summed E-state index contributed by atoms with van der Waals surface area (Å²) in [6, 6.07) is 14.0. The number of nitrogens with zero attached hydrogens (tertiary/aromatic N) is 2. The summed E-state index contributed by atoms with van der Waals surface area (Å²) in [6.07, 6.45) is 3.29. The number of hydrogen-bond acceptors (Lipinski definition) is 2. The highest BCUT2D eigenvalue weighted by atomic mass is 19.1. The highest BCUT2D eigenvalue weighted by Crippen LogP contribution is 2.10. The summed E-state index contributed by atoms with van der Waals surface area (Å²) in [6.45, 7) is 2.35. The molecular weight excluding hydrogens is 293 g/mol. The molecule has 1 amide bonds. The van der Waals surface area contributed by atoms with E-state index < -0.39 is 0 Å². The molecule has 0 aliphatic carbocycles. The van der Waals surface area contributed by atoms with Crippen LogP contribution < -0.4 is 5.32 Å². The van der Waals surface area contributed by atoms with E-state index in [1.165, 1.54) is 17.7 Å². The Hall–Kier alpha value is -2.95. The molecule has 1 N–H and O–H groups in total. The molecule has 0 bridgehead atoms. The average Bonchev–Trinajstić information content (AvgIpc) is 3.05. The first-order valence-electron chi connectivity index (χ1n) is 7.25. The molecule has 1 aromatic heterocycles. The van der Waals surface area contributed by atoms with Gasteiger partial charge < -0.3 is 9.88 Å². The van der Waals surface area contributed by atoms with Crippen molar-refractivity contribution >= 4 is 5.91 Å². The fourth-order valence-electron chi connectivity index (χ4n) is 2.17. The van der Waals surface area contributed by atoms with Gasteiger partial charge in [0.1, 0.15) is 17.8 Å². The second-order valence-corrected chi connectivity index (χ2v) is 5.31. The molecule has 2 aromatic carbocycles. The van der Waals surface area contributed by atoms with Gasteiger partial charge in [0.25, 0.3) is 5.91 Å². The number of aryl methyl sites for hydroxylation is 1. The van der Waals surface area contributed by atoms with E-state index in [0.29, 0.717) is 12.2 Å². The van der Waals surface area contributed by atoms with Crippen molar-refractivity contribution < 1.29 is 9.18 Å². The Kier molecular flexibility index (Phi) is 4.19. The number of halogens is 1. The van der Waals surface area contributed by atoms with Crippen molar-refractivity contribution in [3.8, 4) is 5.69 Å². The summed E-state index contributed by atoms with van der Waals surface area (Å²) < 4.78 is 14.6. The van der Waals surface area contributed by atoms with Gasteiger partial charge >= 0.3 is 0 Å². The van der Waals surface area contributed by atoms with Gasteiger partial charge in [-0.2, -0.15) is 0 Å². The van der Waals surface area contributed by atoms with E-state index in [9.17, 15) is 9.18 Å². The summed E-state index contributed by atoms with van der Waals surface area (Å²) in [4.78, 5) is 16.3. The summed E-state index contributed by atoms with van der Waals surface area (Å²) in [5, 5.41) is 2.77. The monoisotopic (exact) mass is 309 g/mol. The van der Waals surface area contributed by atoms with E-state index in [-0.39, 0.29) is 11.7 Å². The van der Waals surface area contributed by atoms with Crippen LogP contribution in [0.2, 0.25) is 0 Å². The number of carbonyl (C=O) groups excluding carboxylic acids is 1. The molecule has 0 fully saturated rings. The molecular formula is C18H16FN3O. The number of imidazole rings is 1. The lowest BCUT2D eigenvalue weighted by Crippen LogP contribution is -2.23. The van der Waals surface area contributed by atoms with Crippen LogP contribution in [0.25, 0.3) is 5.69 Å². The van der Waals surface area contributed by atoms with Gasteiger partial charge in [0.15, 0.2) is 0 Å². The zero-order chi connectivity index (χ0) is 16.2. The van der Waals surface area contributed by atoms with Crippen molar-refractivity contribution in [1.29, 1.82) is 0 Å². The number of rotatable bonds is 4. The van der Waals surface area contributed by atoms with Gasteiger partial charge in [0, 0.05) is 18.4 Å². The molecule has 0 saturated carbocycles. The number of benzene rings is 2. The summed E-state index contributed by atoms with van der Waals surface area (Å²) >= 11 is 0. The molecule has 116 valence electrons. The molecule has 0 spiro atoms. The van der Waals surface area contributed by atoms with Gasteiger partial charge in [0.05, 0.1) is 0 Å². The highest BCUT2D eigenvalue weighted by molar-refractivity contribution is 5.92. The van der Waals surface area contributed by atoms with Gasteiger partial charge in [-0.3, -0.25) is 4.79 Å². The third-order valence-electron chi connectivity index (χ3n) is 3.51. The van der Waals surface area contributed by atoms with Crippen LogP contribution in [0.5, 0.6) is 0 Å². The molecule has 4 nitrogen and oxygen atoms in total. The van der Waals surface area contributed by atoms with E-state index >= 15 is 0 Å². The summed E-state index contributed by atoms with van der Waals surface area (Å²) in [5.41, 5.74) is 3.29. The second kappa shape index (κ2) is 6.44. The van der Waals surface area contributed by atoms with Gasteiger partial charge in [-0.05, 0) is 36.8 Å². The van der Waals surface area contributed by atoms with Crippen LogP contribution in [0.4, 0.5) is 4.39 Å². The molecule has 0 atom stereocenters. The lowest BCUT2D eigenvalue weighted by molar-refractivity contribution is 0.0946. The van der Waals surface area contributed by atoms with E-state index in [2.05, 4.69) is 10.3 Å². The normalized spacial score (nSPS) is 10.5. The first kappa shape index (κ1) is 15.0. The molecule has 0 radical (unpaired) electrons.